The lowest BCUT2D eigenvalue weighted by Crippen LogP contribution is -2.34. The Morgan fingerprint density at radius 2 is 1.70 bits per heavy atom. The summed E-state index contributed by atoms with van der Waals surface area (Å²) >= 11 is 5.90. The second kappa shape index (κ2) is 8.87. The molecule has 0 fully saturated rings. The van der Waals surface area contributed by atoms with Crippen LogP contribution in [-0.2, 0) is 11.3 Å². The second-order valence-electron chi connectivity index (χ2n) is 5.69. The zero-order valence-electron chi connectivity index (χ0n) is 14.3. The molecule has 27 heavy (non-hydrogen) atoms. The van der Waals surface area contributed by atoms with Crippen molar-refractivity contribution in [1.82, 2.24) is 10.6 Å². The first kappa shape index (κ1) is 18.5. The van der Waals surface area contributed by atoms with Gasteiger partial charge in [0.05, 0.1) is 12.8 Å². The minimum absolute atomic E-state index is 0.123. The van der Waals surface area contributed by atoms with Gasteiger partial charge in [-0.1, -0.05) is 41.9 Å². The number of halogens is 1. The van der Waals surface area contributed by atoms with E-state index in [9.17, 15) is 9.59 Å². The molecule has 2 amide bonds. The summed E-state index contributed by atoms with van der Waals surface area (Å²) in [6, 6.07) is 19.1. The predicted molar refractivity (Wildman–Crippen MR) is 104 cm³/mol. The standard InChI is InChI=1S/C21H17ClN2O3/c22-17-10-8-15(9-11-17)13-19(21(26)23-14-18-7-4-12-27-18)24-20(25)16-5-2-1-3-6-16/h1-13H,14H2,(H,23,26)(H,24,25)/b19-13+. The summed E-state index contributed by atoms with van der Waals surface area (Å²) in [6.07, 6.45) is 3.12. The van der Waals surface area contributed by atoms with Gasteiger partial charge in [-0.15, -0.1) is 0 Å². The molecule has 1 heterocycles. The lowest BCUT2D eigenvalue weighted by molar-refractivity contribution is -0.118. The molecule has 5 nitrogen and oxygen atoms in total. The van der Waals surface area contributed by atoms with Crippen molar-refractivity contribution in [1.29, 1.82) is 0 Å². The minimum atomic E-state index is -0.425. The molecule has 136 valence electrons. The van der Waals surface area contributed by atoms with Gasteiger partial charge in [0.15, 0.2) is 0 Å². The van der Waals surface area contributed by atoms with Gasteiger partial charge in [0, 0.05) is 10.6 Å². The molecule has 0 bridgehead atoms. The van der Waals surface area contributed by atoms with E-state index in [0.29, 0.717) is 16.3 Å². The van der Waals surface area contributed by atoms with Crippen LogP contribution < -0.4 is 10.6 Å². The molecular formula is C21H17ClN2O3. The first-order chi connectivity index (χ1) is 13.1. The molecule has 0 aliphatic carbocycles. The fourth-order valence-corrected chi connectivity index (χ4v) is 2.47. The molecule has 6 heteroatoms. The van der Waals surface area contributed by atoms with Gasteiger partial charge in [0.25, 0.3) is 11.8 Å². The zero-order valence-corrected chi connectivity index (χ0v) is 15.1. The van der Waals surface area contributed by atoms with Crippen LogP contribution in [0.25, 0.3) is 6.08 Å². The van der Waals surface area contributed by atoms with E-state index in [2.05, 4.69) is 10.6 Å². The molecule has 0 saturated heterocycles. The molecule has 0 saturated carbocycles. The molecule has 3 aromatic rings. The van der Waals surface area contributed by atoms with Gasteiger partial charge in [-0.2, -0.15) is 0 Å². The third-order valence-electron chi connectivity index (χ3n) is 3.71. The molecular weight excluding hydrogens is 364 g/mol. The number of rotatable bonds is 6. The molecule has 0 aliphatic rings. The van der Waals surface area contributed by atoms with Gasteiger partial charge in [-0.05, 0) is 48.0 Å². The highest BCUT2D eigenvalue weighted by atomic mass is 35.5. The molecule has 0 aliphatic heterocycles. The molecule has 1 aromatic heterocycles. The molecule has 2 aromatic carbocycles. The Labute approximate surface area is 161 Å². The number of hydrogen-bond donors (Lipinski definition) is 2. The monoisotopic (exact) mass is 380 g/mol. The number of hydrogen-bond acceptors (Lipinski definition) is 3. The maximum atomic E-state index is 12.6. The predicted octanol–water partition coefficient (Wildman–Crippen LogP) is 4.02. The first-order valence-electron chi connectivity index (χ1n) is 8.26. The van der Waals surface area contributed by atoms with Crippen molar-refractivity contribution in [3.63, 3.8) is 0 Å². The van der Waals surface area contributed by atoms with Crippen LogP contribution in [0.1, 0.15) is 21.7 Å². The van der Waals surface area contributed by atoms with Crippen molar-refractivity contribution in [2.45, 2.75) is 6.54 Å². The number of nitrogens with one attached hydrogen (secondary N) is 2. The van der Waals surface area contributed by atoms with E-state index < -0.39 is 5.91 Å². The van der Waals surface area contributed by atoms with Crippen molar-refractivity contribution in [2.75, 3.05) is 0 Å². The molecule has 2 N–H and O–H groups in total. The van der Waals surface area contributed by atoms with Gasteiger partial charge in [0.2, 0.25) is 0 Å². The summed E-state index contributed by atoms with van der Waals surface area (Å²) < 4.78 is 5.21. The molecule has 0 spiro atoms. The Balaban J connectivity index is 1.80. The van der Waals surface area contributed by atoms with Crippen molar-refractivity contribution < 1.29 is 14.0 Å². The van der Waals surface area contributed by atoms with Gasteiger partial charge >= 0.3 is 0 Å². The second-order valence-corrected chi connectivity index (χ2v) is 6.13. The first-order valence-corrected chi connectivity index (χ1v) is 8.64. The van der Waals surface area contributed by atoms with Crippen LogP contribution in [0.2, 0.25) is 5.02 Å². The maximum absolute atomic E-state index is 12.6. The van der Waals surface area contributed by atoms with Crippen molar-refractivity contribution in [3.05, 3.63) is 101 Å². The van der Waals surface area contributed by atoms with Crippen LogP contribution >= 0.6 is 11.6 Å². The minimum Gasteiger partial charge on any atom is -0.467 e. The summed E-state index contributed by atoms with van der Waals surface area (Å²) in [5.41, 5.74) is 1.31. The SMILES string of the molecule is O=C(NCc1ccco1)/C(=C\c1ccc(Cl)cc1)NC(=O)c1ccccc1. The average Bonchev–Trinajstić information content (AvgIpc) is 3.21. The highest BCUT2D eigenvalue weighted by Crippen LogP contribution is 2.13. The van der Waals surface area contributed by atoms with E-state index in [-0.39, 0.29) is 18.1 Å². The Morgan fingerprint density at radius 3 is 2.37 bits per heavy atom. The molecule has 0 radical (unpaired) electrons. The number of amides is 2. The van der Waals surface area contributed by atoms with Crippen LogP contribution in [0.5, 0.6) is 0 Å². The van der Waals surface area contributed by atoms with Crippen LogP contribution in [0.4, 0.5) is 0 Å². The van der Waals surface area contributed by atoms with E-state index in [1.54, 1.807) is 66.7 Å². The Morgan fingerprint density at radius 1 is 0.963 bits per heavy atom. The summed E-state index contributed by atoms with van der Waals surface area (Å²) in [6.45, 7) is 0.213. The third kappa shape index (κ3) is 5.33. The lowest BCUT2D eigenvalue weighted by Gasteiger charge is -2.11. The molecule has 3 rings (SSSR count). The summed E-state index contributed by atoms with van der Waals surface area (Å²) in [7, 11) is 0. The fraction of sp³-hybridized carbons (Fsp3) is 0.0476. The highest BCUT2D eigenvalue weighted by Gasteiger charge is 2.15. The lowest BCUT2D eigenvalue weighted by atomic mass is 10.1. The number of carbonyl (C=O) groups is 2. The summed E-state index contributed by atoms with van der Waals surface area (Å²) in [5, 5.41) is 5.99. The number of furan rings is 1. The average molecular weight is 381 g/mol. The zero-order chi connectivity index (χ0) is 19.1. The normalized spacial score (nSPS) is 11.1. The largest absolute Gasteiger partial charge is 0.467 e. The molecule has 0 atom stereocenters. The summed E-state index contributed by atoms with van der Waals surface area (Å²) in [4.78, 5) is 25.1. The number of benzene rings is 2. The van der Waals surface area contributed by atoms with E-state index in [1.165, 1.54) is 6.26 Å². The smallest absolute Gasteiger partial charge is 0.268 e. The van der Waals surface area contributed by atoms with Crippen LogP contribution in [0.15, 0.2) is 83.1 Å². The third-order valence-corrected chi connectivity index (χ3v) is 3.97. The Hall–Kier alpha value is -3.31. The van der Waals surface area contributed by atoms with Crippen molar-refractivity contribution in [3.8, 4) is 0 Å². The van der Waals surface area contributed by atoms with E-state index >= 15 is 0 Å². The topological polar surface area (TPSA) is 71.3 Å². The van der Waals surface area contributed by atoms with Crippen molar-refractivity contribution >= 4 is 29.5 Å². The Kier molecular flexibility index (Phi) is 6.07. The highest BCUT2D eigenvalue weighted by molar-refractivity contribution is 6.30. The van der Waals surface area contributed by atoms with Gasteiger partial charge in [0.1, 0.15) is 11.5 Å². The van der Waals surface area contributed by atoms with Crippen LogP contribution in [0, 0.1) is 0 Å². The fourth-order valence-electron chi connectivity index (χ4n) is 2.34. The van der Waals surface area contributed by atoms with Crippen molar-refractivity contribution in [2.24, 2.45) is 0 Å². The van der Waals surface area contributed by atoms with E-state index in [4.69, 9.17) is 16.0 Å². The quantitative estimate of drug-likeness (QED) is 0.634. The van der Waals surface area contributed by atoms with Crippen LogP contribution in [-0.4, -0.2) is 11.8 Å². The van der Waals surface area contributed by atoms with E-state index in [1.807, 2.05) is 6.07 Å². The van der Waals surface area contributed by atoms with Gasteiger partial charge < -0.3 is 15.1 Å². The van der Waals surface area contributed by atoms with Gasteiger partial charge in [-0.25, -0.2) is 0 Å². The number of carbonyl (C=O) groups excluding carboxylic acids is 2. The van der Waals surface area contributed by atoms with E-state index in [0.717, 1.165) is 5.56 Å². The van der Waals surface area contributed by atoms with Gasteiger partial charge in [-0.3, -0.25) is 9.59 Å². The van der Waals surface area contributed by atoms with Crippen LogP contribution in [0.3, 0.4) is 0 Å². The maximum Gasteiger partial charge on any atom is 0.268 e. The molecule has 0 unspecified atom stereocenters. The summed E-state index contributed by atoms with van der Waals surface area (Å²) in [5.74, 6) is -0.182. The Bertz CT molecular complexity index is 933.